The van der Waals surface area contributed by atoms with Crippen LogP contribution in [0.2, 0.25) is 0 Å². The molecule has 0 unspecified atom stereocenters. The van der Waals surface area contributed by atoms with Crippen LogP contribution in [0, 0.1) is 23.2 Å². The first-order valence-electron chi connectivity index (χ1n) is 6.48. The first-order valence-corrected chi connectivity index (χ1v) is 7.70. The third-order valence-electron chi connectivity index (χ3n) is 2.83. The molecule has 0 saturated heterocycles. The fourth-order valence-electron chi connectivity index (χ4n) is 1.79. The molecule has 0 aliphatic rings. The van der Waals surface area contributed by atoms with Gasteiger partial charge in [0, 0.05) is 17.5 Å². The topological polar surface area (TPSA) is 89.8 Å². The van der Waals surface area contributed by atoms with Crippen molar-refractivity contribution < 1.29 is 5.11 Å². The molecule has 1 aromatic carbocycles. The Morgan fingerprint density at radius 3 is 2.68 bits per heavy atom. The normalized spacial score (nSPS) is 9.68. The number of nitrogens with zero attached hydrogens (tertiary/aromatic N) is 2. The summed E-state index contributed by atoms with van der Waals surface area (Å²) < 4.78 is 0. The molecule has 6 heteroatoms. The fraction of sp³-hybridized carbons (Fsp3) is 0.188. The van der Waals surface area contributed by atoms with Crippen molar-refractivity contribution in [1.82, 2.24) is 9.97 Å². The third-order valence-corrected chi connectivity index (χ3v) is 3.41. The van der Waals surface area contributed by atoms with Crippen LogP contribution in [0.1, 0.15) is 17.5 Å². The number of benzene rings is 1. The lowest BCUT2D eigenvalue weighted by molar-refractivity contribution is 0.305. The summed E-state index contributed by atoms with van der Waals surface area (Å²) in [5.41, 5.74) is 1.40. The number of H-pyrrole nitrogens is 1. The number of aromatic nitrogens is 2. The maximum absolute atomic E-state index is 11.9. The van der Waals surface area contributed by atoms with Crippen molar-refractivity contribution in [2.24, 2.45) is 0 Å². The Labute approximate surface area is 132 Å². The number of hydrogen-bond acceptors (Lipinski definition) is 5. The summed E-state index contributed by atoms with van der Waals surface area (Å²) in [5.74, 6) is 5.75. The van der Waals surface area contributed by atoms with Gasteiger partial charge < -0.3 is 10.1 Å². The molecule has 5 nitrogen and oxygen atoms in total. The summed E-state index contributed by atoms with van der Waals surface area (Å²) in [6, 6.07) is 9.03. The average molecular weight is 311 g/mol. The van der Waals surface area contributed by atoms with Crippen molar-refractivity contribution in [2.75, 3.05) is 12.9 Å². The lowest BCUT2D eigenvalue weighted by atomic mass is 10.1. The molecule has 2 N–H and O–H groups in total. The largest absolute Gasteiger partial charge is 0.395 e. The Bertz CT molecular complexity index is 824. The van der Waals surface area contributed by atoms with Crippen LogP contribution in [0.5, 0.6) is 0 Å². The molecule has 0 spiro atoms. The van der Waals surface area contributed by atoms with Crippen LogP contribution >= 0.6 is 11.8 Å². The average Bonchev–Trinajstić information content (AvgIpc) is 2.55. The second kappa shape index (κ2) is 7.46. The number of nitriles is 1. The van der Waals surface area contributed by atoms with Crippen molar-refractivity contribution >= 4 is 11.8 Å². The second-order valence-electron chi connectivity index (χ2n) is 4.26. The predicted molar refractivity (Wildman–Crippen MR) is 85.4 cm³/mol. The molecule has 1 aromatic heterocycles. The lowest BCUT2D eigenvalue weighted by Crippen LogP contribution is -2.14. The minimum Gasteiger partial charge on any atom is -0.395 e. The van der Waals surface area contributed by atoms with E-state index in [1.54, 1.807) is 30.5 Å². The van der Waals surface area contributed by atoms with Gasteiger partial charge in [-0.05, 0) is 18.4 Å². The molecular weight excluding hydrogens is 298 g/mol. The highest BCUT2D eigenvalue weighted by Crippen LogP contribution is 2.21. The third kappa shape index (κ3) is 3.56. The standard InChI is InChI=1S/C16H13N3O2S/c1-22-16-18-14(13(10-17)15(21)19-16)12-7-5-11(6-8-12)4-2-3-9-20/h5-8,20H,3,9H2,1H3,(H,18,19,21). The molecule has 2 rings (SSSR count). The van der Waals surface area contributed by atoms with E-state index in [-0.39, 0.29) is 12.2 Å². The van der Waals surface area contributed by atoms with Crippen LogP contribution in [0.25, 0.3) is 11.3 Å². The van der Waals surface area contributed by atoms with Crippen LogP contribution < -0.4 is 5.56 Å². The van der Waals surface area contributed by atoms with Crippen molar-refractivity contribution in [3.05, 3.63) is 45.7 Å². The van der Waals surface area contributed by atoms with E-state index in [1.165, 1.54) is 11.8 Å². The van der Waals surface area contributed by atoms with Gasteiger partial charge in [-0.25, -0.2) is 4.98 Å². The van der Waals surface area contributed by atoms with E-state index in [0.717, 1.165) is 5.56 Å². The summed E-state index contributed by atoms with van der Waals surface area (Å²) in [6.07, 6.45) is 2.22. The Morgan fingerprint density at radius 1 is 1.36 bits per heavy atom. The number of nitrogens with one attached hydrogen (secondary N) is 1. The van der Waals surface area contributed by atoms with E-state index in [9.17, 15) is 4.79 Å². The number of hydrogen-bond donors (Lipinski definition) is 2. The highest BCUT2D eigenvalue weighted by Gasteiger charge is 2.12. The molecule has 0 bridgehead atoms. The van der Waals surface area contributed by atoms with Gasteiger partial charge in [0.25, 0.3) is 5.56 Å². The molecule has 110 valence electrons. The van der Waals surface area contributed by atoms with Crippen molar-refractivity contribution in [2.45, 2.75) is 11.6 Å². The molecule has 0 radical (unpaired) electrons. The first-order chi connectivity index (χ1) is 10.7. The van der Waals surface area contributed by atoms with Gasteiger partial charge in [-0.2, -0.15) is 5.26 Å². The molecule has 0 atom stereocenters. The Morgan fingerprint density at radius 2 is 2.09 bits per heavy atom. The van der Waals surface area contributed by atoms with E-state index in [2.05, 4.69) is 21.8 Å². The quantitative estimate of drug-likeness (QED) is 0.512. The maximum Gasteiger partial charge on any atom is 0.270 e. The van der Waals surface area contributed by atoms with Gasteiger partial charge >= 0.3 is 0 Å². The van der Waals surface area contributed by atoms with Crippen molar-refractivity contribution in [3.63, 3.8) is 0 Å². The number of aliphatic hydroxyl groups excluding tert-OH is 1. The summed E-state index contributed by atoms with van der Waals surface area (Å²) >= 11 is 1.31. The molecule has 0 aliphatic carbocycles. The summed E-state index contributed by atoms with van der Waals surface area (Å²) in [5, 5.41) is 18.3. The Hall–Kier alpha value is -2.54. The van der Waals surface area contributed by atoms with Crippen molar-refractivity contribution in [3.8, 4) is 29.2 Å². The molecule has 22 heavy (non-hydrogen) atoms. The van der Waals surface area contributed by atoms with Crippen molar-refractivity contribution in [1.29, 1.82) is 5.26 Å². The highest BCUT2D eigenvalue weighted by atomic mass is 32.2. The SMILES string of the molecule is CSc1nc(-c2ccc(C#CCCO)cc2)c(C#N)c(=O)[nH]1. The van der Waals surface area contributed by atoms with E-state index in [1.807, 2.05) is 6.07 Å². The molecular formula is C16H13N3O2S. The highest BCUT2D eigenvalue weighted by molar-refractivity contribution is 7.98. The lowest BCUT2D eigenvalue weighted by Gasteiger charge is -2.05. The van der Waals surface area contributed by atoms with Gasteiger partial charge in [0.05, 0.1) is 12.3 Å². The number of aromatic amines is 1. The van der Waals surface area contributed by atoms with Crippen LogP contribution in [0.4, 0.5) is 0 Å². The summed E-state index contributed by atoms with van der Waals surface area (Å²) in [6.45, 7) is 0.0325. The monoisotopic (exact) mass is 311 g/mol. The predicted octanol–water partition coefficient (Wildman–Crippen LogP) is 1.76. The van der Waals surface area contributed by atoms with Crippen LogP contribution in [0.3, 0.4) is 0 Å². The second-order valence-corrected chi connectivity index (χ2v) is 5.06. The summed E-state index contributed by atoms with van der Waals surface area (Å²) in [7, 11) is 0. The van der Waals surface area contributed by atoms with Gasteiger partial charge in [0.15, 0.2) is 5.16 Å². The number of rotatable bonds is 3. The zero-order chi connectivity index (χ0) is 15.9. The zero-order valence-corrected chi connectivity index (χ0v) is 12.7. The molecule has 0 aliphatic heterocycles. The van der Waals surface area contributed by atoms with E-state index in [0.29, 0.717) is 22.8 Å². The van der Waals surface area contributed by atoms with Gasteiger partial charge in [0.1, 0.15) is 11.6 Å². The first kappa shape index (κ1) is 15.8. The molecule has 0 fully saturated rings. The molecule has 0 saturated carbocycles. The Balaban J connectivity index is 2.45. The van der Waals surface area contributed by atoms with Crippen LogP contribution in [-0.4, -0.2) is 27.9 Å². The Kier molecular flexibility index (Phi) is 5.37. The summed E-state index contributed by atoms with van der Waals surface area (Å²) in [4.78, 5) is 18.8. The van der Waals surface area contributed by atoms with Gasteiger partial charge in [-0.15, -0.1) is 0 Å². The van der Waals surface area contributed by atoms with E-state index < -0.39 is 5.56 Å². The van der Waals surface area contributed by atoms with Crippen LogP contribution in [0.15, 0.2) is 34.2 Å². The zero-order valence-electron chi connectivity index (χ0n) is 11.9. The number of thioether (sulfide) groups is 1. The van der Waals surface area contributed by atoms with Gasteiger partial charge in [-0.3, -0.25) is 4.79 Å². The number of aliphatic hydroxyl groups is 1. The molecule has 1 heterocycles. The van der Waals surface area contributed by atoms with E-state index >= 15 is 0 Å². The maximum atomic E-state index is 11.9. The van der Waals surface area contributed by atoms with Crippen LogP contribution in [-0.2, 0) is 0 Å². The van der Waals surface area contributed by atoms with Gasteiger partial charge in [0.2, 0.25) is 0 Å². The smallest absolute Gasteiger partial charge is 0.270 e. The molecule has 2 aromatic rings. The minimum absolute atomic E-state index is 0.00286. The molecule has 0 amide bonds. The van der Waals surface area contributed by atoms with Gasteiger partial charge in [-0.1, -0.05) is 35.7 Å². The minimum atomic E-state index is -0.441. The van der Waals surface area contributed by atoms with E-state index in [4.69, 9.17) is 10.4 Å². The fourth-order valence-corrected chi connectivity index (χ4v) is 2.17.